The van der Waals surface area contributed by atoms with E-state index in [0.29, 0.717) is 5.41 Å². The largest absolute Gasteiger partial charge is 0.265 e. The molecular formula is C12H17N. The highest BCUT2D eigenvalue weighted by Crippen LogP contribution is 2.43. The number of hydrogen-bond donors (Lipinski definition) is 0. The molecule has 0 bridgehead atoms. The van der Waals surface area contributed by atoms with Gasteiger partial charge in [0.1, 0.15) is 0 Å². The molecule has 13 heavy (non-hydrogen) atoms. The summed E-state index contributed by atoms with van der Waals surface area (Å²) in [5.74, 6) is 0.884. The molecule has 0 amide bonds. The van der Waals surface area contributed by atoms with Gasteiger partial charge in [-0.2, -0.15) is 0 Å². The average Bonchev–Trinajstić information content (AvgIpc) is 2.02. The molecule has 0 N–H and O–H groups in total. The fraction of sp³-hybridized carbons (Fsp3) is 0.583. The Bertz CT molecular complexity index is 272. The average molecular weight is 175 g/mol. The van der Waals surface area contributed by atoms with Gasteiger partial charge in [-0.25, -0.2) is 0 Å². The maximum atomic E-state index is 4.06. The summed E-state index contributed by atoms with van der Waals surface area (Å²) in [6.07, 6.45) is 8.01. The molecule has 70 valence electrons. The monoisotopic (exact) mass is 175 g/mol. The van der Waals surface area contributed by atoms with Crippen LogP contribution >= 0.6 is 0 Å². The minimum Gasteiger partial charge on any atom is -0.265 e. The molecule has 1 fully saturated rings. The first-order valence-electron chi connectivity index (χ1n) is 5.12. The van der Waals surface area contributed by atoms with Crippen molar-refractivity contribution in [1.29, 1.82) is 0 Å². The lowest BCUT2D eigenvalue weighted by atomic mass is 9.64. The van der Waals surface area contributed by atoms with Crippen molar-refractivity contribution in [2.45, 2.75) is 38.5 Å². The van der Waals surface area contributed by atoms with Gasteiger partial charge in [0.2, 0.25) is 0 Å². The molecular weight excluding hydrogens is 158 g/mol. The van der Waals surface area contributed by atoms with E-state index in [2.05, 4.69) is 31.0 Å². The van der Waals surface area contributed by atoms with Gasteiger partial charge in [-0.05, 0) is 41.9 Å². The van der Waals surface area contributed by atoms with Gasteiger partial charge >= 0.3 is 0 Å². The Balaban J connectivity index is 2.23. The van der Waals surface area contributed by atoms with Crippen LogP contribution in [0.1, 0.15) is 38.7 Å². The van der Waals surface area contributed by atoms with Crippen molar-refractivity contribution < 1.29 is 0 Å². The quantitative estimate of drug-likeness (QED) is 0.672. The molecule has 1 nitrogen and oxygen atoms in total. The summed E-state index contributed by atoms with van der Waals surface area (Å²) < 4.78 is 0. The third-order valence-corrected chi connectivity index (χ3v) is 3.55. The summed E-state index contributed by atoms with van der Waals surface area (Å²) in [6.45, 7) is 4.71. The zero-order valence-corrected chi connectivity index (χ0v) is 8.46. The first-order chi connectivity index (χ1) is 6.21. The van der Waals surface area contributed by atoms with Gasteiger partial charge in [0.05, 0.1) is 0 Å². The second-order valence-corrected chi connectivity index (χ2v) is 4.59. The molecule has 0 unspecified atom stereocenters. The van der Waals surface area contributed by atoms with Crippen LogP contribution in [0.5, 0.6) is 0 Å². The van der Waals surface area contributed by atoms with Gasteiger partial charge in [0, 0.05) is 12.4 Å². The van der Waals surface area contributed by atoms with E-state index in [1.54, 1.807) is 0 Å². The molecule has 1 aliphatic carbocycles. The maximum Gasteiger partial charge on any atom is 0.0270 e. The zero-order valence-electron chi connectivity index (χ0n) is 8.46. The number of pyridine rings is 1. The van der Waals surface area contributed by atoms with Gasteiger partial charge < -0.3 is 0 Å². The predicted molar refractivity (Wildman–Crippen MR) is 54.6 cm³/mol. The molecule has 0 atom stereocenters. The molecule has 1 saturated carbocycles. The van der Waals surface area contributed by atoms with Crippen molar-refractivity contribution >= 4 is 0 Å². The van der Waals surface area contributed by atoms with E-state index >= 15 is 0 Å². The predicted octanol–water partition coefficient (Wildman–Crippen LogP) is 3.16. The Morgan fingerprint density at radius 2 is 1.85 bits per heavy atom. The van der Waals surface area contributed by atoms with Crippen LogP contribution in [-0.2, 0) is 5.41 Å². The Kier molecular flexibility index (Phi) is 2.10. The smallest absolute Gasteiger partial charge is 0.0270 e. The first kappa shape index (κ1) is 8.74. The van der Waals surface area contributed by atoms with Crippen molar-refractivity contribution in [1.82, 2.24) is 4.98 Å². The molecule has 0 radical (unpaired) electrons. The molecule has 1 aromatic rings. The van der Waals surface area contributed by atoms with Crippen LogP contribution in [0.25, 0.3) is 0 Å². The van der Waals surface area contributed by atoms with Crippen molar-refractivity contribution in [3.05, 3.63) is 30.1 Å². The first-order valence-corrected chi connectivity index (χ1v) is 5.12. The SMILES string of the molecule is CC(C)(c1ccncc1)C1CCC1. The standard InChI is InChI=1S/C12H17N/c1-12(2,10-4-3-5-10)11-6-8-13-9-7-11/h6-10H,3-5H2,1-2H3. The Hall–Kier alpha value is -0.850. The number of hydrogen-bond acceptors (Lipinski definition) is 1. The zero-order chi connectivity index (χ0) is 9.31. The molecule has 1 heteroatoms. The molecule has 0 aromatic carbocycles. The summed E-state index contributed by atoms with van der Waals surface area (Å²) >= 11 is 0. The van der Waals surface area contributed by atoms with Crippen LogP contribution in [0.3, 0.4) is 0 Å². The molecule has 2 rings (SSSR count). The van der Waals surface area contributed by atoms with E-state index in [-0.39, 0.29) is 0 Å². The summed E-state index contributed by atoms with van der Waals surface area (Å²) in [5, 5.41) is 0. The van der Waals surface area contributed by atoms with Crippen LogP contribution in [-0.4, -0.2) is 4.98 Å². The minimum absolute atomic E-state index is 0.348. The molecule has 0 saturated heterocycles. The lowest BCUT2D eigenvalue weighted by Crippen LogP contribution is -2.33. The van der Waals surface area contributed by atoms with E-state index in [1.807, 2.05) is 12.4 Å². The normalized spacial score (nSPS) is 18.3. The number of nitrogens with zero attached hydrogens (tertiary/aromatic N) is 1. The Morgan fingerprint density at radius 3 is 2.31 bits per heavy atom. The van der Waals surface area contributed by atoms with E-state index < -0.39 is 0 Å². The van der Waals surface area contributed by atoms with Gasteiger partial charge in [-0.3, -0.25) is 4.98 Å². The fourth-order valence-electron chi connectivity index (χ4n) is 2.15. The fourth-order valence-corrected chi connectivity index (χ4v) is 2.15. The summed E-state index contributed by atoms with van der Waals surface area (Å²) in [6, 6.07) is 4.30. The van der Waals surface area contributed by atoms with Crippen molar-refractivity contribution in [3.63, 3.8) is 0 Å². The van der Waals surface area contributed by atoms with Crippen molar-refractivity contribution in [3.8, 4) is 0 Å². The van der Waals surface area contributed by atoms with Crippen LogP contribution in [0.4, 0.5) is 0 Å². The van der Waals surface area contributed by atoms with Gasteiger partial charge in [-0.1, -0.05) is 20.3 Å². The van der Waals surface area contributed by atoms with E-state index in [9.17, 15) is 0 Å². The highest BCUT2D eigenvalue weighted by Gasteiger charge is 2.34. The van der Waals surface area contributed by atoms with Gasteiger partial charge in [0.15, 0.2) is 0 Å². The second-order valence-electron chi connectivity index (χ2n) is 4.59. The van der Waals surface area contributed by atoms with E-state index in [1.165, 1.54) is 24.8 Å². The molecule has 1 aromatic heterocycles. The van der Waals surface area contributed by atoms with Crippen LogP contribution in [0, 0.1) is 5.92 Å². The van der Waals surface area contributed by atoms with Gasteiger partial charge in [0.25, 0.3) is 0 Å². The third-order valence-electron chi connectivity index (χ3n) is 3.55. The number of rotatable bonds is 2. The molecule has 1 heterocycles. The summed E-state index contributed by atoms with van der Waals surface area (Å²) in [7, 11) is 0. The number of aromatic nitrogens is 1. The minimum atomic E-state index is 0.348. The van der Waals surface area contributed by atoms with Crippen LogP contribution in [0.2, 0.25) is 0 Å². The molecule has 0 aliphatic heterocycles. The Morgan fingerprint density at radius 1 is 1.23 bits per heavy atom. The Labute approximate surface area is 80.2 Å². The van der Waals surface area contributed by atoms with Crippen LogP contribution in [0.15, 0.2) is 24.5 Å². The topological polar surface area (TPSA) is 12.9 Å². The van der Waals surface area contributed by atoms with Crippen molar-refractivity contribution in [2.75, 3.05) is 0 Å². The second kappa shape index (κ2) is 3.13. The van der Waals surface area contributed by atoms with Crippen LogP contribution < -0.4 is 0 Å². The van der Waals surface area contributed by atoms with E-state index in [4.69, 9.17) is 0 Å². The third kappa shape index (κ3) is 1.48. The molecule has 1 aliphatic rings. The van der Waals surface area contributed by atoms with Crippen molar-refractivity contribution in [2.24, 2.45) is 5.92 Å². The highest BCUT2D eigenvalue weighted by atomic mass is 14.6. The summed E-state index contributed by atoms with van der Waals surface area (Å²) in [4.78, 5) is 4.06. The molecule has 0 spiro atoms. The lowest BCUT2D eigenvalue weighted by molar-refractivity contribution is 0.194. The van der Waals surface area contributed by atoms with Gasteiger partial charge in [-0.15, -0.1) is 0 Å². The van der Waals surface area contributed by atoms with E-state index in [0.717, 1.165) is 5.92 Å². The highest BCUT2D eigenvalue weighted by molar-refractivity contribution is 5.22. The summed E-state index contributed by atoms with van der Waals surface area (Å²) in [5.41, 5.74) is 1.79. The maximum absolute atomic E-state index is 4.06. The lowest BCUT2D eigenvalue weighted by Gasteiger charge is -2.40.